The Hall–Kier alpha value is -1.22. The van der Waals surface area contributed by atoms with Crippen LogP contribution in [-0.4, -0.2) is 78.0 Å². The summed E-state index contributed by atoms with van der Waals surface area (Å²) in [5.74, 6) is -1.22. The topological polar surface area (TPSA) is 89.5 Å². The summed E-state index contributed by atoms with van der Waals surface area (Å²) in [6, 6.07) is 0. The van der Waals surface area contributed by atoms with Crippen LogP contribution in [0.25, 0.3) is 0 Å². The molecule has 8 heteroatoms. The molecule has 0 rings (SSSR count). The average Bonchev–Trinajstić information content (AvgIpc) is 2.42. The summed E-state index contributed by atoms with van der Waals surface area (Å²) in [7, 11) is 5.49. The minimum atomic E-state index is -1.89. The summed E-state index contributed by atoms with van der Waals surface area (Å²) in [6.07, 6.45) is -4.75. The maximum Gasteiger partial charge on any atom is 0.303 e. The molecule has 4 atom stereocenters. The molecule has 130 valence electrons. The van der Waals surface area contributed by atoms with Crippen molar-refractivity contribution in [1.82, 2.24) is 0 Å². The van der Waals surface area contributed by atoms with Crippen molar-refractivity contribution in [3.63, 3.8) is 0 Å². The van der Waals surface area contributed by atoms with Gasteiger partial charge in [-0.2, -0.15) is 0 Å². The molecule has 0 N–H and O–H groups in total. The predicted octanol–water partition coefficient (Wildman–Crippen LogP) is 0.173. The molecule has 0 saturated heterocycles. The van der Waals surface area contributed by atoms with Crippen LogP contribution in [0.2, 0.25) is 0 Å². The summed E-state index contributed by atoms with van der Waals surface area (Å²) >= 11 is 0. The Kier molecular flexibility index (Phi) is 9.72. The van der Waals surface area contributed by atoms with Gasteiger partial charge in [-0.15, -0.1) is 0 Å². The maximum atomic E-state index is 11.3. The molecular formula is C14H26O8. The molecule has 0 saturated carbocycles. The number of rotatable bonds is 11. The lowest BCUT2D eigenvalue weighted by Crippen LogP contribution is -2.52. The van der Waals surface area contributed by atoms with Gasteiger partial charge in [-0.25, -0.2) is 0 Å². The monoisotopic (exact) mass is 323 g/mol. The molecule has 22 heavy (non-hydrogen) atoms. The standard InChI is InChI=1S/C14H26O8/c1-9(15)21-11(7-17-3)13(19-5)14(20-6)12(8-18-4)22-10(2)16/h11-14H,7-8H2,1-6H3/t11-,12-,13-,14-/m1/s1/i11D. The summed E-state index contributed by atoms with van der Waals surface area (Å²) in [4.78, 5) is 22.6. The second-order valence-electron chi connectivity index (χ2n) is 4.45. The van der Waals surface area contributed by atoms with Gasteiger partial charge in [-0.05, 0) is 0 Å². The van der Waals surface area contributed by atoms with Crippen molar-refractivity contribution in [1.29, 1.82) is 0 Å². The number of carbonyl (C=O) groups excluding carboxylic acids is 2. The Balaban J connectivity index is 5.57. The molecule has 8 nitrogen and oxygen atoms in total. The summed E-state index contributed by atoms with van der Waals surface area (Å²) in [5, 5.41) is 0. The molecule has 0 aliphatic heterocycles. The van der Waals surface area contributed by atoms with Gasteiger partial charge in [0.15, 0.2) is 12.2 Å². The molecule has 0 aromatic rings. The van der Waals surface area contributed by atoms with E-state index in [1.807, 2.05) is 0 Å². The van der Waals surface area contributed by atoms with E-state index in [9.17, 15) is 9.59 Å². The van der Waals surface area contributed by atoms with Crippen molar-refractivity contribution in [2.75, 3.05) is 41.7 Å². The van der Waals surface area contributed by atoms with Gasteiger partial charge in [-0.3, -0.25) is 9.59 Å². The fraction of sp³-hybridized carbons (Fsp3) is 0.857. The lowest BCUT2D eigenvalue weighted by molar-refractivity contribution is -0.190. The van der Waals surface area contributed by atoms with Crippen LogP contribution < -0.4 is 0 Å². The molecule has 0 fully saturated rings. The first-order chi connectivity index (χ1) is 10.7. The molecule has 0 spiro atoms. The minimum Gasteiger partial charge on any atom is -0.457 e. The van der Waals surface area contributed by atoms with E-state index in [1.54, 1.807) is 0 Å². The van der Waals surface area contributed by atoms with E-state index in [0.717, 1.165) is 0 Å². The fourth-order valence-electron chi connectivity index (χ4n) is 1.99. The predicted molar refractivity (Wildman–Crippen MR) is 76.5 cm³/mol. The highest BCUT2D eigenvalue weighted by molar-refractivity contribution is 5.66. The van der Waals surface area contributed by atoms with Crippen molar-refractivity contribution in [3.05, 3.63) is 0 Å². The molecule has 0 aromatic heterocycles. The van der Waals surface area contributed by atoms with E-state index in [0.29, 0.717) is 0 Å². The van der Waals surface area contributed by atoms with Gasteiger partial charge in [-0.1, -0.05) is 0 Å². The van der Waals surface area contributed by atoms with Crippen LogP contribution in [0.1, 0.15) is 15.2 Å². The summed E-state index contributed by atoms with van der Waals surface area (Å²) in [5.41, 5.74) is 0. The molecule has 0 aromatic carbocycles. The molecule has 0 radical (unpaired) electrons. The van der Waals surface area contributed by atoms with Crippen molar-refractivity contribution in [3.8, 4) is 0 Å². The van der Waals surface area contributed by atoms with Gasteiger partial charge < -0.3 is 28.4 Å². The van der Waals surface area contributed by atoms with Crippen LogP contribution in [0.5, 0.6) is 0 Å². The Morgan fingerprint density at radius 1 is 0.864 bits per heavy atom. The van der Waals surface area contributed by atoms with Gasteiger partial charge in [0.1, 0.15) is 12.2 Å². The highest BCUT2D eigenvalue weighted by Gasteiger charge is 2.39. The molecular weight excluding hydrogens is 296 g/mol. The average molecular weight is 323 g/mol. The second kappa shape index (κ2) is 11.4. The minimum absolute atomic E-state index is 0.0150. The first-order valence-electron chi connectivity index (χ1n) is 7.16. The first-order valence-corrected chi connectivity index (χ1v) is 6.66. The highest BCUT2D eigenvalue weighted by atomic mass is 16.6. The van der Waals surface area contributed by atoms with E-state index in [2.05, 4.69) is 0 Å². The van der Waals surface area contributed by atoms with Crippen LogP contribution >= 0.6 is 0 Å². The zero-order valence-corrected chi connectivity index (χ0v) is 13.9. The molecule has 0 heterocycles. The normalized spacial score (nSPS) is 18.5. The zero-order chi connectivity index (χ0) is 18.0. The van der Waals surface area contributed by atoms with Crippen molar-refractivity contribution in [2.45, 2.75) is 38.2 Å². The van der Waals surface area contributed by atoms with Crippen LogP contribution in [0, 0.1) is 0 Å². The summed E-state index contributed by atoms with van der Waals surface area (Å²) in [6.45, 7) is 2.17. The lowest BCUT2D eigenvalue weighted by atomic mass is 10.0. The third-order valence-corrected chi connectivity index (χ3v) is 2.72. The Labute approximate surface area is 132 Å². The number of hydrogen-bond acceptors (Lipinski definition) is 8. The Morgan fingerprint density at radius 3 is 1.73 bits per heavy atom. The third kappa shape index (κ3) is 7.17. The van der Waals surface area contributed by atoms with Crippen molar-refractivity contribution < 1.29 is 39.4 Å². The first kappa shape index (κ1) is 18.8. The van der Waals surface area contributed by atoms with Crippen LogP contribution in [0.15, 0.2) is 0 Å². The number of esters is 2. The SMILES string of the molecule is [2H][C@](COC)(OC(C)=O)[C@@H](OC)[C@H](OC)[C@@H](COC)OC(C)=O. The van der Waals surface area contributed by atoms with Crippen LogP contribution in [-0.2, 0) is 38.0 Å². The molecule has 0 unspecified atom stereocenters. The van der Waals surface area contributed by atoms with E-state index >= 15 is 0 Å². The second-order valence-corrected chi connectivity index (χ2v) is 4.45. The highest BCUT2D eigenvalue weighted by Crippen LogP contribution is 2.18. The maximum absolute atomic E-state index is 11.3. The number of carbonyl (C=O) groups is 2. The van der Waals surface area contributed by atoms with Gasteiger partial charge >= 0.3 is 11.9 Å². The van der Waals surface area contributed by atoms with Gasteiger partial charge in [0, 0.05) is 42.3 Å². The molecule has 0 bridgehead atoms. The number of ether oxygens (including phenoxy) is 6. The molecule has 0 aliphatic carbocycles. The largest absolute Gasteiger partial charge is 0.457 e. The van der Waals surface area contributed by atoms with E-state index < -0.39 is 36.3 Å². The molecule has 0 aliphatic rings. The Morgan fingerprint density at radius 2 is 1.36 bits per heavy atom. The van der Waals surface area contributed by atoms with E-state index in [4.69, 9.17) is 29.8 Å². The lowest BCUT2D eigenvalue weighted by Gasteiger charge is -2.34. The zero-order valence-electron chi connectivity index (χ0n) is 14.9. The van der Waals surface area contributed by atoms with Gasteiger partial charge in [0.05, 0.1) is 14.6 Å². The van der Waals surface area contributed by atoms with Crippen molar-refractivity contribution >= 4 is 11.9 Å². The van der Waals surface area contributed by atoms with E-state index in [1.165, 1.54) is 42.3 Å². The number of methoxy groups -OCH3 is 4. The van der Waals surface area contributed by atoms with E-state index in [-0.39, 0.29) is 13.2 Å². The van der Waals surface area contributed by atoms with Crippen LogP contribution in [0.3, 0.4) is 0 Å². The smallest absolute Gasteiger partial charge is 0.303 e. The van der Waals surface area contributed by atoms with Gasteiger partial charge in [0.25, 0.3) is 0 Å². The molecule has 0 amide bonds. The van der Waals surface area contributed by atoms with Crippen LogP contribution in [0.4, 0.5) is 0 Å². The van der Waals surface area contributed by atoms with Crippen molar-refractivity contribution in [2.24, 2.45) is 0 Å². The Bertz CT molecular complexity index is 378. The summed E-state index contributed by atoms with van der Waals surface area (Å²) < 4.78 is 39.3. The number of hydrogen-bond donors (Lipinski definition) is 0. The third-order valence-electron chi connectivity index (χ3n) is 2.72. The fourth-order valence-corrected chi connectivity index (χ4v) is 1.99. The quantitative estimate of drug-likeness (QED) is 0.497. The van der Waals surface area contributed by atoms with Gasteiger partial charge in [0.2, 0.25) is 0 Å².